The van der Waals surface area contributed by atoms with E-state index in [4.69, 9.17) is 4.74 Å². The number of aryl methyl sites for hydroxylation is 4. The molecule has 3 heterocycles. The number of fused-ring (bicyclic) bond motifs is 4. The van der Waals surface area contributed by atoms with E-state index in [0.717, 1.165) is 58.7 Å². The fourth-order valence-electron chi connectivity index (χ4n) is 4.54. The first-order valence-corrected chi connectivity index (χ1v) is 13.7. The highest BCUT2D eigenvalue weighted by molar-refractivity contribution is 8.00. The summed E-state index contributed by atoms with van der Waals surface area (Å²) in [7, 11) is 0. The Hall–Kier alpha value is -1.97. The van der Waals surface area contributed by atoms with Crippen LogP contribution in [0.3, 0.4) is 0 Å². The number of nitrogens with zero attached hydrogens (tertiary/aromatic N) is 2. The van der Waals surface area contributed by atoms with Gasteiger partial charge in [-0.05, 0) is 69.9 Å². The van der Waals surface area contributed by atoms with E-state index in [1.807, 2.05) is 6.92 Å². The lowest BCUT2D eigenvalue weighted by Gasteiger charge is -2.12. The van der Waals surface area contributed by atoms with Gasteiger partial charge in [0.25, 0.3) is 0 Å². The largest absolute Gasteiger partial charge is 0.462 e. The molecule has 1 amide bonds. The zero-order chi connectivity index (χ0) is 22.2. The molecule has 32 heavy (non-hydrogen) atoms. The first kappa shape index (κ1) is 21.9. The molecule has 0 aliphatic heterocycles. The molecule has 0 unspecified atom stereocenters. The van der Waals surface area contributed by atoms with Crippen LogP contribution < -0.4 is 5.32 Å². The predicted octanol–water partition coefficient (Wildman–Crippen LogP) is 5.34. The van der Waals surface area contributed by atoms with Crippen LogP contribution in [-0.4, -0.2) is 34.2 Å². The number of thioether (sulfide) groups is 1. The summed E-state index contributed by atoms with van der Waals surface area (Å²) in [4.78, 5) is 38.4. The molecule has 0 aromatic carbocycles. The van der Waals surface area contributed by atoms with Gasteiger partial charge in [-0.25, -0.2) is 14.8 Å². The zero-order valence-electron chi connectivity index (χ0n) is 18.2. The highest BCUT2D eigenvalue weighted by atomic mass is 32.2. The normalized spacial score (nSPS) is 14.9. The van der Waals surface area contributed by atoms with E-state index >= 15 is 0 Å². The van der Waals surface area contributed by atoms with Crippen LogP contribution in [-0.2, 0) is 35.2 Å². The molecule has 0 spiro atoms. The fraction of sp³-hybridized carbons (Fsp3) is 0.478. The Balaban J connectivity index is 1.36. The van der Waals surface area contributed by atoms with Crippen LogP contribution in [0.5, 0.6) is 0 Å². The summed E-state index contributed by atoms with van der Waals surface area (Å²) in [6.07, 6.45) is 7.46. The van der Waals surface area contributed by atoms with E-state index in [0.29, 0.717) is 17.2 Å². The number of amides is 1. The lowest BCUT2D eigenvalue weighted by molar-refractivity contribution is -0.113. The average molecular weight is 488 g/mol. The van der Waals surface area contributed by atoms with Crippen LogP contribution in [0.15, 0.2) is 5.03 Å². The Morgan fingerprint density at radius 2 is 1.78 bits per heavy atom. The van der Waals surface area contributed by atoms with Crippen molar-refractivity contribution < 1.29 is 14.3 Å². The fourth-order valence-corrected chi connectivity index (χ4v) is 8.10. The Bertz CT molecular complexity index is 1210. The van der Waals surface area contributed by atoms with Crippen LogP contribution in [0.2, 0.25) is 0 Å². The second kappa shape index (κ2) is 9.11. The van der Waals surface area contributed by atoms with Crippen molar-refractivity contribution in [3.8, 4) is 0 Å². The predicted molar refractivity (Wildman–Crippen MR) is 130 cm³/mol. The van der Waals surface area contributed by atoms with Crippen molar-refractivity contribution in [1.29, 1.82) is 0 Å². The average Bonchev–Trinajstić information content (AvgIpc) is 3.44. The molecule has 3 aromatic heterocycles. The van der Waals surface area contributed by atoms with Crippen molar-refractivity contribution in [3.63, 3.8) is 0 Å². The number of hydrogen-bond acceptors (Lipinski definition) is 8. The molecule has 0 saturated carbocycles. The monoisotopic (exact) mass is 487 g/mol. The van der Waals surface area contributed by atoms with Gasteiger partial charge in [0.2, 0.25) is 5.91 Å². The molecule has 0 saturated heterocycles. The van der Waals surface area contributed by atoms with Gasteiger partial charge in [0, 0.05) is 15.1 Å². The van der Waals surface area contributed by atoms with E-state index in [1.165, 1.54) is 51.3 Å². The number of esters is 1. The second-order valence-corrected chi connectivity index (χ2v) is 11.2. The van der Waals surface area contributed by atoms with Gasteiger partial charge in [0.05, 0.1) is 17.9 Å². The van der Waals surface area contributed by atoms with Crippen LogP contribution >= 0.6 is 34.4 Å². The molecule has 3 aromatic rings. The molecule has 0 radical (unpaired) electrons. The molecule has 2 aliphatic rings. The van der Waals surface area contributed by atoms with E-state index < -0.39 is 0 Å². The topological polar surface area (TPSA) is 81.2 Å². The maximum Gasteiger partial charge on any atom is 0.341 e. The quantitative estimate of drug-likeness (QED) is 0.287. The third-order valence-electron chi connectivity index (χ3n) is 5.89. The third kappa shape index (κ3) is 4.06. The standard InChI is InChI=1S/C23H25N3O3S3/c1-3-29-23(28)19-14-8-6-10-16(14)32-22(19)26-17(27)11-30-20-18-13-7-4-5-9-15(13)31-21(18)25-12(2)24-20/h3-11H2,1-2H3,(H,26,27). The summed E-state index contributed by atoms with van der Waals surface area (Å²) in [6, 6.07) is 0. The lowest BCUT2D eigenvalue weighted by Crippen LogP contribution is -2.17. The summed E-state index contributed by atoms with van der Waals surface area (Å²) < 4.78 is 5.26. The van der Waals surface area contributed by atoms with E-state index in [9.17, 15) is 9.59 Å². The molecule has 5 rings (SSSR count). The van der Waals surface area contributed by atoms with Crippen LogP contribution in [0.1, 0.15) is 63.2 Å². The van der Waals surface area contributed by atoms with Crippen molar-refractivity contribution in [2.45, 2.75) is 63.8 Å². The van der Waals surface area contributed by atoms with E-state index in [2.05, 4.69) is 15.3 Å². The van der Waals surface area contributed by atoms with Crippen LogP contribution in [0.25, 0.3) is 10.2 Å². The minimum atomic E-state index is -0.340. The Morgan fingerprint density at radius 3 is 2.62 bits per heavy atom. The van der Waals surface area contributed by atoms with Gasteiger partial charge >= 0.3 is 5.97 Å². The summed E-state index contributed by atoms with van der Waals surface area (Å²) in [5.74, 6) is 0.501. The molecule has 0 fully saturated rings. The number of nitrogens with one attached hydrogen (secondary N) is 1. The molecule has 0 bridgehead atoms. The number of rotatable bonds is 6. The number of thiophene rings is 2. The molecule has 9 heteroatoms. The molecular formula is C23H25N3O3S3. The molecule has 1 N–H and O–H groups in total. The van der Waals surface area contributed by atoms with Gasteiger partial charge in [-0.1, -0.05) is 11.8 Å². The summed E-state index contributed by atoms with van der Waals surface area (Å²) >= 11 is 4.74. The summed E-state index contributed by atoms with van der Waals surface area (Å²) in [5, 5.41) is 5.63. The SMILES string of the molecule is CCOC(=O)c1c(NC(=O)CSc2nc(C)nc3sc4c(c23)CCCC4)sc2c1CCC2. The van der Waals surface area contributed by atoms with Crippen molar-refractivity contribution in [2.75, 3.05) is 17.7 Å². The number of aromatic nitrogens is 2. The molecule has 6 nitrogen and oxygen atoms in total. The maximum atomic E-state index is 12.9. The van der Waals surface area contributed by atoms with Gasteiger partial charge < -0.3 is 10.1 Å². The van der Waals surface area contributed by atoms with Crippen molar-refractivity contribution in [3.05, 3.63) is 32.3 Å². The summed E-state index contributed by atoms with van der Waals surface area (Å²) in [5.41, 5.74) is 2.97. The second-order valence-electron chi connectivity index (χ2n) is 8.09. The third-order valence-corrected chi connectivity index (χ3v) is 9.26. The van der Waals surface area contributed by atoms with Crippen LogP contribution in [0, 0.1) is 6.92 Å². The number of carbonyl (C=O) groups excluding carboxylic acids is 2. The van der Waals surface area contributed by atoms with Gasteiger partial charge in [-0.3, -0.25) is 4.79 Å². The molecule has 168 valence electrons. The van der Waals surface area contributed by atoms with Crippen molar-refractivity contribution >= 4 is 61.5 Å². The highest BCUT2D eigenvalue weighted by Gasteiger charge is 2.28. The number of anilines is 1. The van der Waals surface area contributed by atoms with Gasteiger partial charge in [0.1, 0.15) is 20.7 Å². The minimum Gasteiger partial charge on any atom is -0.462 e. The Kier molecular flexibility index (Phi) is 6.22. The highest BCUT2D eigenvalue weighted by Crippen LogP contribution is 2.41. The number of ether oxygens (including phenoxy) is 1. The number of hydrogen-bond donors (Lipinski definition) is 1. The van der Waals surface area contributed by atoms with Crippen molar-refractivity contribution in [2.24, 2.45) is 0 Å². The minimum absolute atomic E-state index is 0.131. The zero-order valence-corrected chi connectivity index (χ0v) is 20.7. The van der Waals surface area contributed by atoms with E-state index in [1.54, 1.807) is 18.3 Å². The Labute approximate surface area is 199 Å². The first-order chi connectivity index (χ1) is 15.5. The molecule has 2 aliphatic carbocycles. The van der Waals surface area contributed by atoms with Crippen LogP contribution in [0.4, 0.5) is 5.00 Å². The smallest absolute Gasteiger partial charge is 0.341 e. The molecular weight excluding hydrogens is 462 g/mol. The molecule has 0 atom stereocenters. The lowest BCUT2D eigenvalue weighted by atomic mass is 9.97. The summed E-state index contributed by atoms with van der Waals surface area (Å²) in [6.45, 7) is 4.02. The Morgan fingerprint density at radius 1 is 1.03 bits per heavy atom. The van der Waals surface area contributed by atoms with Crippen molar-refractivity contribution in [1.82, 2.24) is 9.97 Å². The van der Waals surface area contributed by atoms with Gasteiger partial charge in [0.15, 0.2) is 0 Å². The van der Waals surface area contributed by atoms with Gasteiger partial charge in [-0.15, -0.1) is 22.7 Å². The van der Waals surface area contributed by atoms with Gasteiger partial charge in [-0.2, -0.15) is 0 Å². The maximum absolute atomic E-state index is 12.9. The van der Waals surface area contributed by atoms with E-state index in [-0.39, 0.29) is 17.6 Å². The number of carbonyl (C=O) groups is 2. The first-order valence-electron chi connectivity index (χ1n) is 11.1.